The molecule has 0 unspecified atom stereocenters. The fourth-order valence-electron chi connectivity index (χ4n) is 2.02. The lowest BCUT2D eigenvalue weighted by Gasteiger charge is -2.41. The summed E-state index contributed by atoms with van der Waals surface area (Å²) in [6.07, 6.45) is 4.49. The second-order valence-corrected chi connectivity index (χ2v) is 5.05. The van der Waals surface area contributed by atoms with Gasteiger partial charge in [-0.15, -0.1) is 0 Å². The number of nitrogens with two attached hydrogens (primary N) is 1. The largest absolute Gasteiger partial charge is 0.487 e. The Morgan fingerprint density at radius 1 is 1.40 bits per heavy atom. The van der Waals surface area contributed by atoms with Crippen molar-refractivity contribution in [2.45, 2.75) is 31.3 Å². The summed E-state index contributed by atoms with van der Waals surface area (Å²) in [7, 11) is 0. The zero-order chi connectivity index (χ0) is 10.7. The Bertz CT molecular complexity index is 336. The lowest BCUT2D eigenvalue weighted by molar-refractivity contribution is -0.0125. The first-order chi connectivity index (χ1) is 7.24. The number of hydrogen-bond donors (Lipinski definition) is 1. The molecule has 1 aliphatic rings. The van der Waals surface area contributed by atoms with Crippen LogP contribution in [0.4, 0.5) is 0 Å². The van der Waals surface area contributed by atoms with Crippen molar-refractivity contribution >= 4 is 15.9 Å². The van der Waals surface area contributed by atoms with Gasteiger partial charge in [-0.2, -0.15) is 0 Å². The van der Waals surface area contributed by atoms with Crippen LogP contribution < -0.4 is 10.5 Å². The van der Waals surface area contributed by atoms with E-state index < -0.39 is 0 Å². The van der Waals surface area contributed by atoms with Gasteiger partial charge >= 0.3 is 0 Å². The third kappa shape index (κ3) is 2.52. The molecule has 0 aromatic heterocycles. The molecular formula is C12H16BrNO. The van der Waals surface area contributed by atoms with Crippen molar-refractivity contribution in [3.05, 3.63) is 28.7 Å². The maximum Gasteiger partial charge on any atom is 0.121 e. The molecule has 1 saturated carbocycles. The van der Waals surface area contributed by atoms with Crippen molar-refractivity contribution in [3.8, 4) is 5.75 Å². The van der Waals surface area contributed by atoms with E-state index >= 15 is 0 Å². The smallest absolute Gasteiger partial charge is 0.121 e. The number of benzene rings is 1. The highest BCUT2D eigenvalue weighted by atomic mass is 79.9. The summed E-state index contributed by atoms with van der Waals surface area (Å²) in [5, 5.41) is 0. The van der Waals surface area contributed by atoms with Crippen molar-refractivity contribution in [1.82, 2.24) is 0 Å². The molecule has 0 amide bonds. The average molecular weight is 270 g/mol. The lowest BCUT2D eigenvalue weighted by atomic mass is 9.77. The van der Waals surface area contributed by atoms with Gasteiger partial charge in [-0.25, -0.2) is 0 Å². The van der Waals surface area contributed by atoms with E-state index in [0.717, 1.165) is 29.5 Å². The molecule has 1 aromatic rings. The van der Waals surface area contributed by atoms with E-state index in [1.54, 1.807) is 0 Å². The summed E-state index contributed by atoms with van der Waals surface area (Å²) in [4.78, 5) is 0. The predicted octanol–water partition coefficient (Wildman–Crippen LogP) is 3.10. The van der Waals surface area contributed by atoms with Crippen molar-refractivity contribution in [3.63, 3.8) is 0 Å². The van der Waals surface area contributed by atoms with Crippen LogP contribution in [0.25, 0.3) is 0 Å². The van der Waals surface area contributed by atoms with Crippen LogP contribution in [0.5, 0.6) is 5.75 Å². The van der Waals surface area contributed by atoms with E-state index in [4.69, 9.17) is 10.5 Å². The minimum absolute atomic E-state index is 0.0234. The Balaban J connectivity index is 2.06. The van der Waals surface area contributed by atoms with Crippen molar-refractivity contribution in [1.29, 1.82) is 0 Å². The molecule has 0 heterocycles. The second kappa shape index (κ2) is 4.54. The van der Waals surface area contributed by atoms with Crippen molar-refractivity contribution < 1.29 is 4.74 Å². The molecule has 1 fully saturated rings. The number of rotatable bonds is 4. The fraction of sp³-hybridized carbons (Fsp3) is 0.500. The van der Waals surface area contributed by atoms with Gasteiger partial charge < -0.3 is 10.5 Å². The van der Waals surface area contributed by atoms with Crippen molar-refractivity contribution in [2.75, 3.05) is 6.54 Å². The molecule has 82 valence electrons. The van der Waals surface area contributed by atoms with Gasteiger partial charge in [0.2, 0.25) is 0 Å². The molecule has 1 aliphatic carbocycles. The first kappa shape index (κ1) is 11.0. The van der Waals surface area contributed by atoms with E-state index in [1.165, 1.54) is 6.42 Å². The molecule has 0 aliphatic heterocycles. The molecule has 0 bridgehead atoms. The maximum absolute atomic E-state index is 6.05. The molecule has 0 atom stereocenters. The van der Waals surface area contributed by atoms with E-state index in [0.29, 0.717) is 6.54 Å². The summed E-state index contributed by atoms with van der Waals surface area (Å²) in [6, 6.07) is 8.01. The molecule has 15 heavy (non-hydrogen) atoms. The van der Waals surface area contributed by atoms with Gasteiger partial charge in [-0.05, 0) is 50.4 Å². The normalized spacial score (nSPS) is 18.3. The quantitative estimate of drug-likeness (QED) is 0.912. The highest BCUT2D eigenvalue weighted by Crippen LogP contribution is 2.39. The van der Waals surface area contributed by atoms with E-state index in [1.807, 2.05) is 24.3 Å². The molecule has 0 radical (unpaired) electrons. The van der Waals surface area contributed by atoms with E-state index in [2.05, 4.69) is 15.9 Å². The van der Waals surface area contributed by atoms with Crippen LogP contribution in [0.3, 0.4) is 0 Å². The van der Waals surface area contributed by atoms with Crippen LogP contribution in [0.1, 0.15) is 25.7 Å². The Kier molecular flexibility index (Phi) is 3.32. The van der Waals surface area contributed by atoms with E-state index in [-0.39, 0.29) is 5.60 Å². The summed E-state index contributed by atoms with van der Waals surface area (Å²) >= 11 is 3.44. The van der Waals surface area contributed by atoms with Gasteiger partial charge in [0.1, 0.15) is 11.4 Å². The number of ether oxygens (including phenoxy) is 1. The molecule has 2 nitrogen and oxygen atoms in total. The van der Waals surface area contributed by atoms with Crippen LogP contribution in [0, 0.1) is 0 Å². The maximum atomic E-state index is 6.05. The van der Waals surface area contributed by atoms with Gasteiger partial charge in [-0.3, -0.25) is 0 Å². The van der Waals surface area contributed by atoms with Gasteiger partial charge in [0.05, 0.1) is 0 Å². The Hall–Kier alpha value is -0.540. The minimum atomic E-state index is 0.0234. The molecule has 0 spiro atoms. The third-order valence-corrected chi connectivity index (χ3v) is 3.49. The van der Waals surface area contributed by atoms with Crippen LogP contribution in [-0.4, -0.2) is 12.1 Å². The van der Waals surface area contributed by atoms with E-state index in [9.17, 15) is 0 Å². The SMILES string of the molecule is NCCC1(Oc2cccc(Br)c2)CCC1. The zero-order valence-corrected chi connectivity index (χ0v) is 10.3. The van der Waals surface area contributed by atoms with Gasteiger partial charge in [0.25, 0.3) is 0 Å². The van der Waals surface area contributed by atoms with Crippen LogP contribution in [-0.2, 0) is 0 Å². The monoisotopic (exact) mass is 269 g/mol. The van der Waals surface area contributed by atoms with Crippen LogP contribution in [0.15, 0.2) is 28.7 Å². The predicted molar refractivity (Wildman–Crippen MR) is 65.0 cm³/mol. The van der Waals surface area contributed by atoms with Gasteiger partial charge in [0.15, 0.2) is 0 Å². The molecule has 2 N–H and O–H groups in total. The Morgan fingerprint density at radius 3 is 2.73 bits per heavy atom. The zero-order valence-electron chi connectivity index (χ0n) is 8.71. The second-order valence-electron chi connectivity index (χ2n) is 4.13. The first-order valence-corrected chi connectivity index (χ1v) is 6.18. The highest BCUT2D eigenvalue weighted by molar-refractivity contribution is 9.10. The third-order valence-electron chi connectivity index (χ3n) is 3.00. The standard InChI is InChI=1S/C12H16BrNO/c13-10-3-1-4-11(9-10)15-12(7-8-14)5-2-6-12/h1,3-4,9H,2,5-8,14H2. The van der Waals surface area contributed by atoms with Gasteiger partial charge in [0, 0.05) is 4.47 Å². The van der Waals surface area contributed by atoms with Crippen molar-refractivity contribution in [2.24, 2.45) is 5.73 Å². The topological polar surface area (TPSA) is 35.2 Å². The fourth-order valence-corrected chi connectivity index (χ4v) is 2.40. The number of halogens is 1. The Labute approximate surface area is 98.9 Å². The highest BCUT2D eigenvalue weighted by Gasteiger charge is 2.38. The lowest BCUT2D eigenvalue weighted by Crippen LogP contribution is -2.44. The molecule has 0 saturated heterocycles. The molecular weight excluding hydrogens is 254 g/mol. The summed E-state index contributed by atoms with van der Waals surface area (Å²) in [5.74, 6) is 0.942. The van der Waals surface area contributed by atoms with Crippen LogP contribution in [0.2, 0.25) is 0 Å². The first-order valence-electron chi connectivity index (χ1n) is 5.39. The molecule has 1 aromatic carbocycles. The summed E-state index contributed by atoms with van der Waals surface area (Å²) < 4.78 is 7.11. The summed E-state index contributed by atoms with van der Waals surface area (Å²) in [5.41, 5.74) is 5.64. The minimum Gasteiger partial charge on any atom is -0.487 e. The molecule has 2 rings (SSSR count). The average Bonchev–Trinajstić information content (AvgIpc) is 2.15. The summed E-state index contributed by atoms with van der Waals surface area (Å²) in [6.45, 7) is 0.702. The molecule has 3 heteroatoms. The van der Waals surface area contributed by atoms with Crippen LogP contribution >= 0.6 is 15.9 Å². The van der Waals surface area contributed by atoms with Gasteiger partial charge in [-0.1, -0.05) is 22.0 Å². The Morgan fingerprint density at radius 2 is 2.20 bits per heavy atom. The number of hydrogen-bond acceptors (Lipinski definition) is 2.